The molecule has 0 aliphatic rings. The Labute approximate surface area is 257 Å². The lowest BCUT2D eigenvalue weighted by atomic mass is 9.86. The van der Waals surface area contributed by atoms with Crippen molar-refractivity contribution in [2.75, 3.05) is 0 Å². The number of fused-ring (bicyclic) bond motifs is 4. The number of hydrogen-bond donors (Lipinski definition) is 0. The van der Waals surface area contributed by atoms with Crippen molar-refractivity contribution >= 4 is 43.1 Å². The van der Waals surface area contributed by atoms with Gasteiger partial charge in [-0.05, 0) is 95.4 Å². The maximum atomic E-state index is 9.16. The Kier molecular flexibility index (Phi) is 4.32. The largest absolute Gasteiger partial charge is 0.0629 e. The molecule has 0 heterocycles. The minimum absolute atomic E-state index is 0.198. The fraction of sp³-hybridized carbons (Fsp3) is 0.0476. The maximum absolute atomic E-state index is 9.16. The van der Waals surface area contributed by atoms with E-state index in [1.807, 2.05) is 78.9 Å². The van der Waals surface area contributed by atoms with Crippen molar-refractivity contribution in [3.63, 3.8) is 0 Å². The molecule has 0 fully saturated rings. The molecule has 0 saturated heterocycles. The van der Waals surface area contributed by atoms with Crippen LogP contribution in [0.4, 0.5) is 0 Å². The molecule has 0 unspecified atom stereocenters. The zero-order valence-electron chi connectivity index (χ0n) is 30.8. The van der Waals surface area contributed by atoms with E-state index in [0.29, 0.717) is 11.1 Å². The van der Waals surface area contributed by atoms with Crippen LogP contribution < -0.4 is 0 Å². The first-order valence-electron chi connectivity index (χ1n) is 18.1. The van der Waals surface area contributed by atoms with Crippen molar-refractivity contribution in [3.8, 4) is 11.1 Å². The van der Waals surface area contributed by atoms with Gasteiger partial charge < -0.3 is 0 Å². The fourth-order valence-corrected chi connectivity index (χ4v) is 6.16. The predicted octanol–water partition coefficient (Wildman–Crippen LogP) is 11.1. The smallest absolute Gasteiger partial charge is 0.0616 e. The summed E-state index contributed by atoms with van der Waals surface area (Å²) in [5, 5.41) is 5.39. The van der Waals surface area contributed by atoms with E-state index in [4.69, 9.17) is 11.0 Å². The van der Waals surface area contributed by atoms with E-state index < -0.39 is 0 Å². The van der Waals surface area contributed by atoms with Crippen LogP contribution in [0.15, 0.2) is 158 Å². The molecule has 0 spiro atoms. The van der Waals surface area contributed by atoms with Crippen LogP contribution in [-0.2, 0) is 12.8 Å². The Morgan fingerprint density at radius 2 is 0.952 bits per heavy atom. The Bertz CT molecular complexity index is 2590. The lowest BCUT2D eigenvalue weighted by Gasteiger charge is -2.18. The average Bonchev–Trinajstić information content (AvgIpc) is 3.14. The summed E-state index contributed by atoms with van der Waals surface area (Å²) in [5.74, 6) is 0. The Balaban J connectivity index is 1.39. The van der Waals surface area contributed by atoms with Gasteiger partial charge in [-0.2, -0.15) is 0 Å². The molecule has 0 atom stereocenters. The third kappa shape index (κ3) is 4.33. The maximum Gasteiger partial charge on any atom is 0.0629 e. The van der Waals surface area contributed by atoms with Crippen molar-refractivity contribution < 1.29 is 11.0 Å². The summed E-state index contributed by atoms with van der Waals surface area (Å²) < 4.78 is 71.3. The van der Waals surface area contributed by atoms with Crippen molar-refractivity contribution in [2.45, 2.75) is 12.8 Å². The van der Waals surface area contributed by atoms with E-state index in [1.165, 1.54) is 0 Å². The van der Waals surface area contributed by atoms with Gasteiger partial charge in [-0.25, -0.2) is 0 Å². The summed E-state index contributed by atoms with van der Waals surface area (Å²) in [5.41, 5.74) is 4.73. The van der Waals surface area contributed by atoms with Gasteiger partial charge in [0.05, 0.1) is 11.0 Å². The number of hydrogen-bond acceptors (Lipinski definition) is 0. The number of benzene rings is 8. The van der Waals surface area contributed by atoms with Crippen LogP contribution in [0.3, 0.4) is 0 Å². The molecule has 0 radical (unpaired) electrons. The first-order valence-corrected chi connectivity index (χ1v) is 14.1. The summed E-state index contributed by atoms with van der Waals surface area (Å²) in [6.45, 7) is 0. The van der Waals surface area contributed by atoms with Gasteiger partial charge in [0.15, 0.2) is 0 Å². The highest BCUT2D eigenvalue weighted by Crippen LogP contribution is 2.37. The Morgan fingerprint density at radius 3 is 1.64 bits per heavy atom. The minimum Gasteiger partial charge on any atom is -0.0616 e. The van der Waals surface area contributed by atoms with Crippen molar-refractivity contribution in [3.05, 3.63) is 180 Å². The third-order valence-corrected chi connectivity index (χ3v) is 8.25. The Hall–Kier alpha value is -5.20. The van der Waals surface area contributed by atoms with E-state index in [2.05, 4.69) is 30.3 Å². The first-order chi connectivity index (χ1) is 24.1. The molecule has 42 heavy (non-hydrogen) atoms. The zero-order chi connectivity index (χ0) is 34.8. The summed E-state index contributed by atoms with van der Waals surface area (Å²) >= 11 is 0. The second kappa shape index (κ2) is 10.3. The highest BCUT2D eigenvalue weighted by Gasteiger charge is 2.15. The predicted molar refractivity (Wildman–Crippen MR) is 180 cm³/mol. The molecule has 0 aromatic heterocycles. The molecule has 0 bridgehead atoms. The van der Waals surface area contributed by atoms with Gasteiger partial charge in [0, 0.05) is 0 Å². The van der Waals surface area contributed by atoms with Gasteiger partial charge in [0.2, 0.25) is 0 Å². The first kappa shape index (κ1) is 17.6. The molecule has 0 heteroatoms. The summed E-state index contributed by atoms with van der Waals surface area (Å²) in [6, 6.07) is 33.9. The van der Waals surface area contributed by atoms with Crippen LogP contribution in [0.5, 0.6) is 0 Å². The van der Waals surface area contributed by atoms with Gasteiger partial charge in [-0.15, -0.1) is 0 Å². The zero-order valence-corrected chi connectivity index (χ0v) is 22.8. The Morgan fingerprint density at radius 1 is 0.405 bits per heavy atom. The van der Waals surface area contributed by atoms with Crippen LogP contribution in [0, 0.1) is 0 Å². The lowest BCUT2D eigenvalue weighted by Crippen LogP contribution is -1.99. The summed E-state index contributed by atoms with van der Waals surface area (Å²) in [4.78, 5) is 0. The third-order valence-electron chi connectivity index (χ3n) is 8.25. The van der Waals surface area contributed by atoms with Crippen LogP contribution in [0.25, 0.3) is 54.2 Å². The molecule has 0 saturated carbocycles. The standard InChI is InChI=1S/C42H30/c1-2-12-33-27-34(25-24-30(33)10-1)31-22-20-29(21-23-31)26-41-37-16-5-7-18-39(37)42(40-19-8-6-17-38(40)41)28-35-14-9-13-32-11-3-4-15-36(32)35/h1-25,27H,26,28H2/i5D,6D,7D,8D,16D,17D,18D,19D. The van der Waals surface area contributed by atoms with Gasteiger partial charge >= 0.3 is 0 Å². The second-order valence-corrected chi connectivity index (χ2v) is 10.7. The van der Waals surface area contributed by atoms with E-state index in [0.717, 1.165) is 43.8 Å². The van der Waals surface area contributed by atoms with E-state index in [9.17, 15) is 0 Å². The van der Waals surface area contributed by atoms with Gasteiger partial charge in [-0.1, -0.05) is 151 Å². The van der Waals surface area contributed by atoms with Crippen LogP contribution >= 0.6 is 0 Å². The van der Waals surface area contributed by atoms with E-state index >= 15 is 0 Å². The van der Waals surface area contributed by atoms with Gasteiger partial charge in [0.25, 0.3) is 0 Å². The quantitative estimate of drug-likeness (QED) is 0.190. The molecule has 8 aromatic carbocycles. The highest BCUT2D eigenvalue weighted by molar-refractivity contribution is 6.06. The van der Waals surface area contributed by atoms with Crippen LogP contribution in [0.2, 0.25) is 0 Å². The van der Waals surface area contributed by atoms with E-state index in [-0.39, 0.29) is 82.7 Å². The second-order valence-electron chi connectivity index (χ2n) is 10.7. The van der Waals surface area contributed by atoms with Crippen molar-refractivity contribution in [2.24, 2.45) is 0 Å². The van der Waals surface area contributed by atoms with Crippen LogP contribution in [-0.4, -0.2) is 0 Å². The molecular formula is C42H30. The normalized spacial score (nSPS) is 14.2. The summed E-state index contributed by atoms with van der Waals surface area (Å²) in [6.07, 6.45) is 0.406. The van der Waals surface area contributed by atoms with Gasteiger partial charge in [-0.3, -0.25) is 0 Å². The highest BCUT2D eigenvalue weighted by atomic mass is 14.2. The molecular weight excluding hydrogens is 504 g/mol. The molecule has 0 N–H and O–H groups in total. The SMILES string of the molecule is [2H]c1c([2H])c([2H])c2c(Cc3cccc4ccccc34)c3c([2H])c([2H])c([2H])c([2H])c3c(Cc3ccc(-c4ccc5ccccc5c4)cc3)c2c1[2H]. The topological polar surface area (TPSA) is 0 Å². The van der Waals surface area contributed by atoms with Crippen molar-refractivity contribution in [1.82, 2.24) is 0 Å². The average molecular weight is 543 g/mol. The number of rotatable bonds is 5. The molecule has 0 aliphatic heterocycles. The lowest BCUT2D eigenvalue weighted by molar-refractivity contribution is 1.22. The molecule has 198 valence electrons. The minimum atomic E-state index is -0.383. The summed E-state index contributed by atoms with van der Waals surface area (Å²) in [7, 11) is 0. The fourth-order valence-electron chi connectivity index (χ4n) is 6.16. The molecule has 0 aliphatic carbocycles. The monoisotopic (exact) mass is 542 g/mol. The van der Waals surface area contributed by atoms with E-state index in [1.54, 1.807) is 0 Å². The molecule has 8 aromatic rings. The molecule has 0 amide bonds. The van der Waals surface area contributed by atoms with Crippen molar-refractivity contribution in [1.29, 1.82) is 0 Å². The molecule has 8 rings (SSSR count). The molecule has 0 nitrogen and oxygen atoms in total. The van der Waals surface area contributed by atoms with Gasteiger partial charge in [0.1, 0.15) is 0 Å². The van der Waals surface area contributed by atoms with Crippen LogP contribution in [0.1, 0.15) is 33.2 Å².